The minimum atomic E-state index is -3.90. The lowest BCUT2D eigenvalue weighted by molar-refractivity contribution is -0.238. The number of hydrogen-bond acceptors (Lipinski definition) is 9. The Hall–Kier alpha value is -2.05. The number of hydroxylamine groups is 2. The van der Waals surface area contributed by atoms with Gasteiger partial charge < -0.3 is 9.47 Å². The molecule has 10 nitrogen and oxygen atoms in total. The number of ether oxygens (including phenoxy) is 2. The largest absolute Gasteiger partial charge is 0.497 e. The van der Waals surface area contributed by atoms with Gasteiger partial charge in [-0.3, -0.25) is 18.7 Å². The van der Waals surface area contributed by atoms with E-state index in [1.165, 1.54) is 7.11 Å². The molecule has 0 aliphatic carbocycles. The van der Waals surface area contributed by atoms with Gasteiger partial charge in [-0.2, -0.15) is 8.42 Å². The summed E-state index contributed by atoms with van der Waals surface area (Å²) in [6, 6.07) is 5.42. The summed E-state index contributed by atoms with van der Waals surface area (Å²) in [6.45, 7) is 7.38. The van der Waals surface area contributed by atoms with E-state index >= 15 is 0 Å². The number of imide groups is 1. The van der Waals surface area contributed by atoms with Crippen molar-refractivity contribution in [3.63, 3.8) is 0 Å². The van der Waals surface area contributed by atoms with Gasteiger partial charge in [-0.05, 0) is 36.0 Å². The molecule has 1 aliphatic rings. The molecule has 2 amide bonds. The van der Waals surface area contributed by atoms with Gasteiger partial charge in [0.15, 0.2) is 6.79 Å². The van der Waals surface area contributed by atoms with Gasteiger partial charge in [0.05, 0.1) is 19.4 Å². The molecular weight excluding hydrogens is 464 g/mol. The van der Waals surface area contributed by atoms with Crippen molar-refractivity contribution in [2.45, 2.75) is 58.8 Å². The molecule has 0 N–H and O–H groups in total. The lowest BCUT2D eigenvalue weighted by atomic mass is 9.90. The Labute approximate surface area is 202 Å². The van der Waals surface area contributed by atoms with Crippen LogP contribution in [0.4, 0.5) is 0 Å². The van der Waals surface area contributed by atoms with E-state index in [0.717, 1.165) is 11.8 Å². The van der Waals surface area contributed by atoms with E-state index in [4.69, 9.17) is 18.5 Å². The number of piperazine rings is 1. The second-order valence-electron chi connectivity index (χ2n) is 9.13. The molecule has 0 radical (unpaired) electrons. The van der Waals surface area contributed by atoms with Gasteiger partial charge in [-0.15, -0.1) is 5.06 Å². The Bertz CT molecular complexity index is 933. The van der Waals surface area contributed by atoms with Crippen LogP contribution >= 0.6 is 0 Å². The molecule has 1 heterocycles. The van der Waals surface area contributed by atoms with Gasteiger partial charge in [0.2, 0.25) is 0 Å². The van der Waals surface area contributed by atoms with E-state index in [9.17, 15) is 18.0 Å². The second-order valence-corrected chi connectivity index (χ2v) is 10.7. The average molecular weight is 501 g/mol. The molecule has 1 aromatic rings. The van der Waals surface area contributed by atoms with E-state index in [0.29, 0.717) is 17.2 Å². The lowest BCUT2D eigenvalue weighted by Gasteiger charge is -2.47. The number of carbonyl (C=O) groups excluding carboxylic acids is 2. The summed E-state index contributed by atoms with van der Waals surface area (Å²) in [5.74, 6) is -0.803. The minimum Gasteiger partial charge on any atom is -0.497 e. The fraction of sp³-hybridized carbons (Fsp3) is 0.652. The van der Waals surface area contributed by atoms with E-state index in [1.807, 2.05) is 26.0 Å². The van der Waals surface area contributed by atoms with Crippen LogP contribution in [0.2, 0.25) is 0 Å². The van der Waals surface area contributed by atoms with Crippen molar-refractivity contribution >= 4 is 21.9 Å². The monoisotopic (exact) mass is 500 g/mol. The molecule has 192 valence electrons. The summed E-state index contributed by atoms with van der Waals surface area (Å²) >= 11 is 0. The predicted octanol–water partition coefficient (Wildman–Crippen LogP) is 2.19. The predicted molar refractivity (Wildman–Crippen MR) is 125 cm³/mol. The van der Waals surface area contributed by atoms with Crippen LogP contribution in [-0.4, -0.2) is 75.7 Å². The third kappa shape index (κ3) is 7.22. The van der Waals surface area contributed by atoms with Crippen molar-refractivity contribution in [3.8, 4) is 5.75 Å². The van der Waals surface area contributed by atoms with Crippen LogP contribution in [0.5, 0.6) is 5.75 Å². The molecule has 1 saturated heterocycles. The van der Waals surface area contributed by atoms with Gasteiger partial charge in [-0.25, -0.2) is 4.84 Å². The SMILES string of the molecule is COCON1C(=O)C(CC(C)C)N(Cc2ccc(OC)cc2)C(C(OS(C)(=O)=O)C(C)C)C1=O. The number of nitrogens with zero attached hydrogens (tertiary/aromatic N) is 2. The Morgan fingerprint density at radius 3 is 2.09 bits per heavy atom. The Kier molecular flexibility index (Phi) is 10.0. The number of methoxy groups -OCH3 is 2. The quantitative estimate of drug-likeness (QED) is 0.242. The highest BCUT2D eigenvalue weighted by Gasteiger charge is 2.52. The number of rotatable bonds is 12. The number of amides is 2. The smallest absolute Gasteiger partial charge is 0.273 e. The van der Waals surface area contributed by atoms with Crippen LogP contribution in [0.1, 0.15) is 39.7 Å². The van der Waals surface area contributed by atoms with E-state index in [1.54, 1.807) is 38.0 Å². The zero-order valence-corrected chi connectivity index (χ0v) is 21.7. The van der Waals surface area contributed by atoms with E-state index in [2.05, 4.69) is 0 Å². The van der Waals surface area contributed by atoms with Gasteiger partial charge in [0, 0.05) is 13.7 Å². The van der Waals surface area contributed by atoms with Crippen LogP contribution < -0.4 is 4.74 Å². The lowest BCUT2D eigenvalue weighted by Crippen LogP contribution is -2.68. The van der Waals surface area contributed by atoms with Crippen LogP contribution in [0, 0.1) is 11.8 Å². The number of carbonyl (C=O) groups is 2. The number of benzene rings is 1. The molecule has 0 saturated carbocycles. The first-order chi connectivity index (χ1) is 15.9. The van der Waals surface area contributed by atoms with Crippen molar-refractivity contribution in [2.24, 2.45) is 11.8 Å². The molecular formula is C23H36N2O8S. The summed E-state index contributed by atoms with van der Waals surface area (Å²) < 4.78 is 39.8. The molecule has 2 rings (SSSR count). The zero-order chi connectivity index (χ0) is 25.6. The normalized spacial score (nSPS) is 20.9. The summed E-state index contributed by atoms with van der Waals surface area (Å²) in [5, 5.41) is 0.701. The second kappa shape index (κ2) is 12.1. The van der Waals surface area contributed by atoms with Crippen molar-refractivity contribution in [2.75, 3.05) is 27.3 Å². The maximum Gasteiger partial charge on any atom is 0.273 e. The Balaban J connectivity index is 2.60. The molecule has 3 atom stereocenters. The molecule has 1 fully saturated rings. The standard InChI is InChI=1S/C23H36N2O8S/c1-15(2)12-19-22(26)25(32-14-30-5)23(27)20(21(16(3)4)33-34(7,28)29)24(19)13-17-8-10-18(31-6)11-9-17/h8-11,15-16,19-21H,12-14H2,1-7H3. The van der Waals surface area contributed by atoms with Gasteiger partial charge in [0.25, 0.3) is 21.9 Å². The molecule has 1 aliphatic heterocycles. The molecule has 1 aromatic carbocycles. The summed E-state index contributed by atoms with van der Waals surface area (Å²) in [6.07, 6.45) is 0.325. The fourth-order valence-electron chi connectivity index (χ4n) is 3.97. The van der Waals surface area contributed by atoms with Crippen molar-refractivity contribution < 1.29 is 36.5 Å². The molecule has 11 heteroatoms. The van der Waals surface area contributed by atoms with E-state index < -0.39 is 40.1 Å². The first-order valence-corrected chi connectivity index (χ1v) is 13.0. The van der Waals surface area contributed by atoms with Crippen LogP contribution in [0.3, 0.4) is 0 Å². The highest BCUT2D eigenvalue weighted by atomic mass is 32.2. The van der Waals surface area contributed by atoms with Crippen molar-refractivity contribution in [1.82, 2.24) is 9.96 Å². The Morgan fingerprint density at radius 2 is 1.62 bits per heavy atom. The van der Waals surface area contributed by atoms with Crippen molar-refractivity contribution in [3.05, 3.63) is 29.8 Å². The molecule has 0 bridgehead atoms. The summed E-state index contributed by atoms with van der Waals surface area (Å²) in [5.41, 5.74) is 0.827. The maximum atomic E-state index is 13.6. The molecule has 0 spiro atoms. The van der Waals surface area contributed by atoms with Gasteiger partial charge in [-0.1, -0.05) is 39.8 Å². The first-order valence-electron chi connectivity index (χ1n) is 11.2. The third-order valence-corrected chi connectivity index (χ3v) is 6.04. The minimum absolute atomic E-state index is 0.110. The fourth-order valence-corrected chi connectivity index (χ4v) is 4.70. The van der Waals surface area contributed by atoms with Crippen LogP contribution in [0.15, 0.2) is 24.3 Å². The molecule has 34 heavy (non-hydrogen) atoms. The van der Waals surface area contributed by atoms with E-state index in [-0.39, 0.29) is 25.2 Å². The summed E-state index contributed by atoms with van der Waals surface area (Å²) in [4.78, 5) is 34.1. The average Bonchev–Trinajstić information content (AvgIpc) is 2.75. The van der Waals surface area contributed by atoms with Gasteiger partial charge >= 0.3 is 0 Å². The van der Waals surface area contributed by atoms with Gasteiger partial charge in [0.1, 0.15) is 17.9 Å². The maximum absolute atomic E-state index is 13.6. The first kappa shape index (κ1) is 28.2. The number of hydrogen-bond donors (Lipinski definition) is 0. The van der Waals surface area contributed by atoms with Crippen LogP contribution in [0.25, 0.3) is 0 Å². The highest BCUT2D eigenvalue weighted by Crippen LogP contribution is 2.31. The Morgan fingerprint density at radius 1 is 1.00 bits per heavy atom. The molecule has 3 unspecified atom stereocenters. The topological polar surface area (TPSA) is 112 Å². The van der Waals surface area contributed by atoms with Crippen molar-refractivity contribution in [1.29, 1.82) is 0 Å². The molecule has 0 aromatic heterocycles. The third-order valence-electron chi connectivity index (χ3n) is 5.47. The summed E-state index contributed by atoms with van der Waals surface area (Å²) in [7, 11) is -0.957. The highest BCUT2D eigenvalue weighted by molar-refractivity contribution is 7.86. The van der Waals surface area contributed by atoms with Crippen LogP contribution in [-0.2, 0) is 40.0 Å². The zero-order valence-electron chi connectivity index (χ0n) is 20.9.